The minimum atomic E-state index is -0.755. The number of fused-ring (bicyclic) bond motifs is 1. The number of H-pyrrole nitrogens is 1. The van der Waals surface area contributed by atoms with Gasteiger partial charge in [-0.15, -0.1) is 0 Å². The normalized spacial score (nSPS) is 12.6. The van der Waals surface area contributed by atoms with Gasteiger partial charge in [0.2, 0.25) is 5.56 Å². The first-order chi connectivity index (χ1) is 15.4. The van der Waals surface area contributed by atoms with Gasteiger partial charge in [0.25, 0.3) is 0 Å². The molecule has 0 aliphatic carbocycles. The van der Waals surface area contributed by atoms with Gasteiger partial charge in [-0.2, -0.15) is 0 Å². The number of hydrogen-bond acceptors (Lipinski definition) is 4. The van der Waals surface area contributed by atoms with E-state index >= 15 is 0 Å². The zero-order valence-electron chi connectivity index (χ0n) is 18.3. The van der Waals surface area contributed by atoms with Crippen LogP contribution in [0.15, 0.2) is 89.7 Å². The summed E-state index contributed by atoms with van der Waals surface area (Å²) in [5.74, 6) is 0.579. The Labute approximate surface area is 187 Å². The van der Waals surface area contributed by atoms with Crippen LogP contribution in [-0.2, 0) is 12.1 Å². The monoisotopic (exact) mass is 428 g/mol. The summed E-state index contributed by atoms with van der Waals surface area (Å²) in [6.07, 6.45) is -0.755. The Hall–Kier alpha value is -3.41. The van der Waals surface area contributed by atoms with Gasteiger partial charge in [0.15, 0.2) is 0 Å². The SMILES string of the molecule is CC(C)(NCC(O)c1ccc(OCc2ccccc2)c2[nH]c(=O)ccc12)c1ccccc1. The maximum absolute atomic E-state index is 12.0. The smallest absolute Gasteiger partial charge is 0.248 e. The van der Waals surface area contributed by atoms with E-state index in [-0.39, 0.29) is 11.1 Å². The van der Waals surface area contributed by atoms with Crippen LogP contribution in [0, 0.1) is 0 Å². The molecule has 4 aromatic rings. The number of hydrogen-bond donors (Lipinski definition) is 3. The van der Waals surface area contributed by atoms with E-state index < -0.39 is 6.10 Å². The molecule has 5 nitrogen and oxygen atoms in total. The van der Waals surface area contributed by atoms with Crippen LogP contribution in [0.2, 0.25) is 0 Å². The number of aliphatic hydroxyl groups excluding tert-OH is 1. The van der Waals surface area contributed by atoms with E-state index in [1.54, 1.807) is 6.07 Å². The molecule has 5 heteroatoms. The van der Waals surface area contributed by atoms with Crippen LogP contribution in [0.1, 0.15) is 36.6 Å². The highest BCUT2D eigenvalue weighted by atomic mass is 16.5. The molecule has 1 heterocycles. The minimum Gasteiger partial charge on any atom is -0.487 e. The van der Waals surface area contributed by atoms with Crippen molar-refractivity contribution in [2.45, 2.75) is 32.1 Å². The first-order valence-corrected chi connectivity index (χ1v) is 10.8. The second-order valence-electron chi connectivity index (χ2n) is 8.43. The first kappa shape index (κ1) is 21.8. The molecule has 0 aliphatic rings. The summed E-state index contributed by atoms with van der Waals surface area (Å²) in [4.78, 5) is 14.9. The minimum absolute atomic E-state index is 0.211. The molecule has 3 aromatic carbocycles. The Kier molecular flexibility index (Phi) is 6.40. The molecule has 0 fully saturated rings. The highest BCUT2D eigenvalue weighted by Crippen LogP contribution is 2.31. The molecule has 4 rings (SSSR count). The van der Waals surface area contributed by atoms with Crippen LogP contribution in [-0.4, -0.2) is 16.6 Å². The van der Waals surface area contributed by atoms with E-state index in [2.05, 4.69) is 36.3 Å². The van der Waals surface area contributed by atoms with Crippen LogP contribution in [0.25, 0.3) is 10.9 Å². The second-order valence-corrected chi connectivity index (χ2v) is 8.43. The maximum atomic E-state index is 12.0. The molecular weight excluding hydrogens is 400 g/mol. The standard InChI is InChI=1S/C27H28N2O3/c1-27(2,20-11-7-4-8-12-20)28-17-23(30)21-13-15-24(26-22(21)14-16-25(31)29-26)32-18-19-9-5-3-6-10-19/h3-16,23,28,30H,17-18H2,1-2H3,(H,29,31). The van der Waals surface area contributed by atoms with Crippen molar-refractivity contribution in [3.63, 3.8) is 0 Å². The Morgan fingerprint density at radius 1 is 0.938 bits per heavy atom. The second kappa shape index (κ2) is 9.39. The van der Waals surface area contributed by atoms with Crippen LogP contribution >= 0.6 is 0 Å². The zero-order valence-corrected chi connectivity index (χ0v) is 18.3. The highest BCUT2D eigenvalue weighted by Gasteiger charge is 2.22. The molecule has 0 aliphatic heterocycles. The van der Waals surface area contributed by atoms with Crippen LogP contribution in [0.3, 0.4) is 0 Å². The Morgan fingerprint density at radius 3 is 2.34 bits per heavy atom. The molecule has 0 saturated heterocycles. The fourth-order valence-electron chi connectivity index (χ4n) is 3.81. The van der Waals surface area contributed by atoms with Gasteiger partial charge in [-0.1, -0.05) is 66.7 Å². The summed E-state index contributed by atoms with van der Waals surface area (Å²) in [5.41, 5.74) is 3.00. The number of pyridine rings is 1. The number of aliphatic hydroxyl groups is 1. The summed E-state index contributed by atoms with van der Waals surface area (Å²) in [6, 6.07) is 26.9. The largest absolute Gasteiger partial charge is 0.487 e. The van der Waals surface area contributed by atoms with Crippen molar-refractivity contribution in [1.82, 2.24) is 10.3 Å². The number of aromatic nitrogens is 1. The summed E-state index contributed by atoms with van der Waals surface area (Å²) in [7, 11) is 0. The van der Waals surface area contributed by atoms with Crippen molar-refractivity contribution < 1.29 is 9.84 Å². The molecule has 1 atom stereocenters. The Balaban J connectivity index is 1.57. The van der Waals surface area contributed by atoms with Crippen molar-refractivity contribution in [2.24, 2.45) is 0 Å². The Bertz CT molecular complexity index is 1230. The van der Waals surface area contributed by atoms with E-state index in [0.29, 0.717) is 24.4 Å². The van der Waals surface area contributed by atoms with E-state index in [4.69, 9.17) is 4.74 Å². The molecule has 1 unspecified atom stereocenters. The average molecular weight is 429 g/mol. The fraction of sp³-hybridized carbons (Fsp3) is 0.222. The zero-order chi connectivity index (χ0) is 22.6. The molecule has 164 valence electrons. The third-order valence-corrected chi connectivity index (χ3v) is 5.72. The van der Waals surface area contributed by atoms with E-state index in [9.17, 15) is 9.90 Å². The number of rotatable bonds is 8. The molecular formula is C27H28N2O3. The van der Waals surface area contributed by atoms with Crippen molar-refractivity contribution in [1.29, 1.82) is 0 Å². The molecule has 3 N–H and O–H groups in total. The molecule has 32 heavy (non-hydrogen) atoms. The lowest BCUT2D eigenvalue weighted by Crippen LogP contribution is -2.39. The van der Waals surface area contributed by atoms with E-state index in [1.165, 1.54) is 6.07 Å². The van der Waals surface area contributed by atoms with Gasteiger partial charge in [-0.3, -0.25) is 4.79 Å². The molecule has 0 amide bonds. The summed E-state index contributed by atoms with van der Waals surface area (Å²) in [5, 5.41) is 15.2. The molecule has 0 saturated carbocycles. The predicted octanol–water partition coefficient (Wildman–Crippen LogP) is 4.67. The highest BCUT2D eigenvalue weighted by molar-refractivity contribution is 5.87. The topological polar surface area (TPSA) is 74.3 Å². The molecule has 0 radical (unpaired) electrons. The van der Waals surface area contributed by atoms with Gasteiger partial charge < -0.3 is 20.1 Å². The fourth-order valence-corrected chi connectivity index (χ4v) is 3.81. The Morgan fingerprint density at radius 2 is 1.62 bits per heavy atom. The summed E-state index contributed by atoms with van der Waals surface area (Å²) >= 11 is 0. The average Bonchev–Trinajstić information content (AvgIpc) is 2.82. The third kappa shape index (κ3) is 4.90. The lowest BCUT2D eigenvalue weighted by atomic mass is 9.93. The number of benzene rings is 3. The van der Waals surface area contributed by atoms with Gasteiger partial charge in [0.05, 0.1) is 11.6 Å². The molecule has 0 spiro atoms. The lowest BCUT2D eigenvalue weighted by Gasteiger charge is -2.29. The number of ether oxygens (including phenoxy) is 1. The van der Waals surface area contributed by atoms with Crippen molar-refractivity contribution in [3.05, 3.63) is 112 Å². The number of aromatic amines is 1. The van der Waals surface area contributed by atoms with Crippen LogP contribution in [0.4, 0.5) is 0 Å². The van der Waals surface area contributed by atoms with E-state index in [1.807, 2.05) is 60.7 Å². The quantitative estimate of drug-likeness (QED) is 0.381. The van der Waals surface area contributed by atoms with Crippen molar-refractivity contribution in [2.75, 3.05) is 6.54 Å². The van der Waals surface area contributed by atoms with Gasteiger partial charge >= 0.3 is 0 Å². The lowest BCUT2D eigenvalue weighted by molar-refractivity contribution is 0.162. The summed E-state index contributed by atoms with van der Waals surface area (Å²) < 4.78 is 6.00. The first-order valence-electron chi connectivity index (χ1n) is 10.8. The van der Waals surface area contributed by atoms with Gasteiger partial charge in [0.1, 0.15) is 12.4 Å². The van der Waals surface area contributed by atoms with Gasteiger partial charge in [-0.25, -0.2) is 0 Å². The predicted molar refractivity (Wildman–Crippen MR) is 128 cm³/mol. The van der Waals surface area contributed by atoms with E-state index in [0.717, 1.165) is 22.1 Å². The van der Waals surface area contributed by atoms with Crippen LogP contribution in [0.5, 0.6) is 5.75 Å². The van der Waals surface area contributed by atoms with Crippen molar-refractivity contribution in [3.8, 4) is 5.75 Å². The van der Waals surface area contributed by atoms with Gasteiger partial charge in [0, 0.05) is 23.5 Å². The van der Waals surface area contributed by atoms with Crippen LogP contribution < -0.4 is 15.6 Å². The van der Waals surface area contributed by atoms with Gasteiger partial charge in [-0.05, 0) is 42.7 Å². The summed E-state index contributed by atoms with van der Waals surface area (Å²) in [6.45, 7) is 4.93. The third-order valence-electron chi connectivity index (χ3n) is 5.72. The maximum Gasteiger partial charge on any atom is 0.248 e. The molecule has 1 aromatic heterocycles. The number of nitrogens with one attached hydrogen (secondary N) is 2. The van der Waals surface area contributed by atoms with Crippen molar-refractivity contribution >= 4 is 10.9 Å². The molecule has 0 bridgehead atoms.